The lowest BCUT2D eigenvalue weighted by atomic mass is 10.1. The second-order valence-corrected chi connectivity index (χ2v) is 11.0. The molecule has 0 radical (unpaired) electrons. The molecule has 3 amide bonds. The number of hydrogen-bond acceptors (Lipinski definition) is 7. The number of amides is 3. The van der Waals surface area contributed by atoms with E-state index in [-0.39, 0.29) is 35.8 Å². The Bertz CT molecular complexity index is 1500. The average molecular weight is 646 g/mol. The molecule has 3 aromatic carbocycles. The molecule has 0 spiro atoms. The summed E-state index contributed by atoms with van der Waals surface area (Å²) in [7, 11) is 1.48. The van der Waals surface area contributed by atoms with Gasteiger partial charge in [0.15, 0.2) is 18.1 Å². The van der Waals surface area contributed by atoms with Crippen LogP contribution in [0.2, 0.25) is 5.02 Å². The van der Waals surface area contributed by atoms with E-state index >= 15 is 0 Å². The molecule has 11 heteroatoms. The van der Waals surface area contributed by atoms with Crippen molar-refractivity contribution in [2.24, 2.45) is 0 Å². The van der Waals surface area contributed by atoms with E-state index in [1.165, 1.54) is 7.11 Å². The van der Waals surface area contributed by atoms with Crippen LogP contribution in [0.3, 0.4) is 0 Å². The van der Waals surface area contributed by atoms with Crippen LogP contribution in [0.4, 0.5) is 10.5 Å². The predicted octanol–water partition coefficient (Wildman–Crippen LogP) is 6.86. The summed E-state index contributed by atoms with van der Waals surface area (Å²) in [5, 5.41) is 2.93. The Morgan fingerprint density at radius 3 is 2.55 bits per heavy atom. The lowest BCUT2D eigenvalue weighted by molar-refractivity contribution is -0.123. The van der Waals surface area contributed by atoms with Crippen molar-refractivity contribution in [2.45, 2.75) is 13.8 Å². The maximum absolute atomic E-state index is 12.9. The summed E-state index contributed by atoms with van der Waals surface area (Å²) >= 11 is 10.4. The number of benzene rings is 3. The quantitative estimate of drug-likeness (QED) is 0.241. The maximum atomic E-state index is 12.9. The van der Waals surface area contributed by atoms with E-state index in [2.05, 4.69) is 21.2 Å². The van der Waals surface area contributed by atoms with Gasteiger partial charge in [-0.2, -0.15) is 0 Å². The molecule has 1 N–H and O–H groups in total. The smallest absolute Gasteiger partial charge is 0.293 e. The van der Waals surface area contributed by atoms with Crippen LogP contribution in [0.25, 0.3) is 6.08 Å². The number of anilines is 1. The molecule has 0 unspecified atom stereocenters. The maximum Gasteiger partial charge on any atom is 0.293 e. The van der Waals surface area contributed by atoms with Gasteiger partial charge in [-0.05, 0) is 84.8 Å². The van der Waals surface area contributed by atoms with E-state index in [9.17, 15) is 14.4 Å². The van der Waals surface area contributed by atoms with Gasteiger partial charge in [0.25, 0.3) is 17.1 Å². The van der Waals surface area contributed by atoms with Gasteiger partial charge in [0.1, 0.15) is 12.4 Å². The molecule has 0 atom stereocenters. The molecule has 1 aliphatic heterocycles. The van der Waals surface area contributed by atoms with Gasteiger partial charge in [-0.3, -0.25) is 19.3 Å². The number of ether oxygens (including phenoxy) is 3. The van der Waals surface area contributed by atoms with E-state index in [0.717, 1.165) is 32.3 Å². The van der Waals surface area contributed by atoms with Crippen LogP contribution >= 0.6 is 39.3 Å². The van der Waals surface area contributed by atoms with Gasteiger partial charge in [-0.25, -0.2) is 0 Å². The highest BCUT2D eigenvalue weighted by atomic mass is 79.9. The molecule has 8 nitrogen and oxygen atoms in total. The minimum absolute atomic E-state index is 0.0880. The first-order chi connectivity index (χ1) is 19.2. The molecule has 208 valence electrons. The number of methoxy groups -OCH3 is 1. The number of carbonyl (C=O) groups is 3. The van der Waals surface area contributed by atoms with Gasteiger partial charge in [0.05, 0.1) is 23.6 Å². The summed E-state index contributed by atoms with van der Waals surface area (Å²) in [6.45, 7) is 3.88. The highest BCUT2D eigenvalue weighted by Gasteiger charge is 2.34. The van der Waals surface area contributed by atoms with Crippen LogP contribution in [0, 0.1) is 13.8 Å². The summed E-state index contributed by atoms with van der Waals surface area (Å²) in [5.41, 5.74) is 3.34. The van der Waals surface area contributed by atoms with Gasteiger partial charge < -0.3 is 19.5 Å². The van der Waals surface area contributed by atoms with Crippen molar-refractivity contribution in [1.82, 2.24) is 4.90 Å². The van der Waals surface area contributed by atoms with Crippen LogP contribution in [-0.4, -0.2) is 48.8 Å². The molecule has 1 saturated heterocycles. The number of rotatable bonds is 10. The Balaban J connectivity index is 1.36. The molecule has 0 saturated carbocycles. The first-order valence-electron chi connectivity index (χ1n) is 12.2. The standard InChI is InChI=1S/C29H26BrClN2O6S/c1-17-18(2)22(10-9-20(17)30)32-27(34)16-39-24-11-8-19(14-25(24)37-3)15-26-28(35)33(29(36)40-26)12-13-38-23-7-5-4-6-21(23)31/h4-11,14-15H,12-13,16H2,1-3H3,(H,32,34)/b26-15-. The second-order valence-electron chi connectivity index (χ2n) is 8.70. The van der Waals surface area contributed by atoms with Crippen molar-refractivity contribution < 1.29 is 28.6 Å². The van der Waals surface area contributed by atoms with Crippen LogP contribution in [0.5, 0.6) is 17.2 Å². The van der Waals surface area contributed by atoms with E-state index in [1.54, 1.807) is 48.5 Å². The lowest BCUT2D eigenvalue weighted by Gasteiger charge is -2.14. The number of nitrogens with one attached hydrogen (secondary N) is 1. The summed E-state index contributed by atoms with van der Waals surface area (Å²) in [4.78, 5) is 39.3. The SMILES string of the molecule is COc1cc(/C=C2\SC(=O)N(CCOc3ccccc3Cl)C2=O)ccc1OCC(=O)Nc1ccc(Br)c(C)c1C. The number of hydrogen-bond donors (Lipinski definition) is 1. The first kappa shape index (κ1) is 29.5. The van der Waals surface area contributed by atoms with Crippen molar-refractivity contribution >= 4 is 68.1 Å². The second kappa shape index (κ2) is 13.3. The molecular weight excluding hydrogens is 620 g/mol. The molecular formula is C29H26BrClN2O6S. The van der Waals surface area contributed by atoms with E-state index < -0.39 is 5.91 Å². The topological polar surface area (TPSA) is 94.2 Å². The number of para-hydroxylation sites is 1. The zero-order valence-electron chi connectivity index (χ0n) is 22.0. The van der Waals surface area contributed by atoms with E-state index in [4.69, 9.17) is 25.8 Å². The van der Waals surface area contributed by atoms with Crippen molar-refractivity contribution in [3.05, 3.63) is 85.7 Å². The summed E-state index contributed by atoms with van der Waals surface area (Å²) in [6, 6.07) is 15.7. The summed E-state index contributed by atoms with van der Waals surface area (Å²) < 4.78 is 17.7. The number of thioether (sulfide) groups is 1. The highest BCUT2D eigenvalue weighted by molar-refractivity contribution is 9.10. The van der Waals surface area contributed by atoms with Crippen LogP contribution in [0.15, 0.2) is 64.0 Å². The number of halogens is 2. The molecule has 3 aromatic rings. The number of imide groups is 1. The Morgan fingerprint density at radius 1 is 1.02 bits per heavy atom. The molecule has 0 aliphatic carbocycles. The van der Waals surface area contributed by atoms with Gasteiger partial charge >= 0.3 is 0 Å². The third kappa shape index (κ3) is 6.99. The zero-order valence-corrected chi connectivity index (χ0v) is 25.1. The van der Waals surface area contributed by atoms with Crippen LogP contribution < -0.4 is 19.5 Å². The fourth-order valence-electron chi connectivity index (χ4n) is 3.80. The summed E-state index contributed by atoms with van der Waals surface area (Å²) in [5.74, 6) is 0.500. The molecule has 1 heterocycles. The molecule has 0 aromatic heterocycles. The lowest BCUT2D eigenvalue weighted by Crippen LogP contribution is -2.32. The van der Waals surface area contributed by atoms with Gasteiger partial charge in [-0.15, -0.1) is 0 Å². The fourth-order valence-corrected chi connectivity index (χ4v) is 5.28. The number of nitrogens with zero attached hydrogens (tertiary/aromatic N) is 1. The van der Waals surface area contributed by atoms with Crippen LogP contribution in [-0.2, 0) is 9.59 Å². The minimum atomic E-state index is -0.410. The van der Waals surface area contributed by atoms with Crippen molar-refractivity contribution in [2.75, 3.05) is 32.2 Å². The Kier molecular flexibility index (Phi) is 9.78. The van der Waals surface area contributed by atoms with Crippen molar-refractivity contribution in [3.8, 4) is 17.2 Å². The highest BCUT2D eigenvalue weighted by Crippen LogP contribution is 2.35. The van der Waals surface area contributed by atoms with Crippen molar-refractivity contribution in [1.29, 1.82) is 0 Å². The minimum Gasteiger partial charge on any atom is -0.493 e. The first-order valence-corrected chi connectivity index (χ1v) is 14.2. The van der Waals surface area contributed by atoms with Crippen LogP contribution in [0.1, 0.15) is 16.7 Å². The van der Waals surface area contributed by atoms with E-state index in [0.29, 0.717) is 33.5 Å². The largest absolute Gasteiger partial charge is 0.493 e. The molecule has 4 rings (SSSR count). The predicted molar refractivity (Wildman–Crippen MR) is 160 cm³/mol. The number of carbonyl (C=O) groups excluding carboxylic acids is 3. The van der Waals surface area contributed by atoms with Gasteiger partial charge in [-0.1, -0.05) is 45.7 Å². The Labute approximate surface area is 249 Å². The summed E-state index contributed by atoms with van der Waals surface area (Å²) in [6.07, 6.45) is 1.61. The molecule has 0 bridgehead atoms. The fraction of sp³-hybridized carbons (Fsp3) is 0.207. The average Bonchev–Trinajstić information content (AvgIpc) is 3.20. The zero-order chi connectivity index (χ0) is 28.8. The Morgan fingerprint density at radius 2 is 1.80 bits per heavy atom. The third-order valence-electron chi connectivity index (χ3n) is 6.12. The van der Waals surface area contributed by atoms with Gasteiger partial charge in [0, 0.05) is 10.2 Å². The van der Waals surface area contributed by atoms with Crippen molar-refractivity contribution in [3.63, 3.8) is 0 Å². The molecule has 1 aliphatic rings. The van der Waals surface area contributed by atoms with Gasteiger partial charge in [0.2, 0.25) is 0 Å². The normalized spacial score (nSPS) is 14.0. The third-order valence-corrected chi connectivity index (χ3v) is 8.20. The molecule has 40 heavy (non-hydrogen) atoms. The van der Waals surface area contributed by atoms with E-state index in [1.807, 2.05) is 26.0 Å². The Hall–Kier alpha value is -3.47. The molecule has 1 fully saturated rings. The monoisotopic (exact) mass is 644 g/mol.